The van der Waals surface area contributed by atoms with Gasteiger partial charge in [-0.2, -0.15) is 0 Å². The van der Waals surface area contributed by atoms with E-state index in [1.807, 2.05) is 36.4 Å². The van der Waals surface area contributed by atoms with Gasteiger partial charge in [-0.15, -0.1) is 10.2 Å². The van der Waals surface area contributed by atoms with Gasteiger partial charge in [0.1, 0.15) is 11.5 Å². The molecule has 0 unspecified atom stereocenters. The molecule has 0 atom stereocenters. The molecule has 0 aliphatic carbocycles. The van der Waals surface area contributed by atoms with E-state index in [1.165, 1.54) is 0 Å². The minimum atomic E-state index is 0.669. The van der Waals surface area contributed by atoms with Crippen LogP contribution >= 0.6 is 0 Å². The molecule has 0 aliphatic heterocycles. The van der Waals surface area contributed by atoms with E-state index in [0.717, 1.165) is 11.1 Å². The summed E-state index contributed by atoms with van der Waals surface area (Å²) in [7, 11) is 6.62. The molecule has 0 bridgehead atoms. The standard InChI is InChI=1S/C18H20N4O2/c1-19-11-13-15(7-5-9-17(13)23-3)21-22-16-8-6-10-18(24-4)14(16)12-20-2/h5-12H,1-4H3/b19-11+,20-12+,22-21+. The van der Waals surface area contributed by atoms with Gasteiger partial charge in [0.05, 0.1) is 36.7 Å². The van der Waals surface area contributed by atoms with Gasteiger partial charge < -0.3 is 9.47 Å². The quantitative estimate of drug-likeness (QED) is 0.590. The smallest absolute Gasteiger partial charge is 0.129 e. The first-order chi connectivity index (χ1) is 11.7. The maximum atomic E-state index is 5.36. The highest BCUT2D eigenvalue weighted by atomic mass is 16.5. The van der Waals surface area contributed by atoms with Crippen LogP contribution in [0.4, 0.5) is 11.4 Å². The van der Waals surface area contributed by atoms with Crippen molar-refractivity contribution in [3.8, 4) is 11.5 Å². The topological polar surface area (TPSA) is 67.9 Å². The summed E-state index contributed by atoms with van der Waals surface area (Å²) >= 11 is 0. The van der Waals surface area contributed by atoms with Crippen LogP contribution < -0.4 is 9.47 Å². The van der Waals surface area contributed by atoms with Gasteiger partial charge in [0.25, 0.3) is 0 Å². The molecule has 2 aromatic rings. The second kappa shape index (κ2) is 8.57. The molecule has 0 saturated heterocycles. The van der Waals surface area contributed by atoms with E-state index in [9.17, 15) is 0 Å². The average molecular weight is 324 g/mol. The minimum absolute atomic E-state index is 0.669. The molecular formula is C18H20N4O2. The molecule has 24 heavy (non-hydrogen) atoms. The number of aliphatic imine (C=N–C) groups is 2. The van der Waals surface area contributed by atoms with E-state index in [0.29, 0.717) is 22.9 Å². The van der Waals surface area contributed by atoms with Crippen molar-refractivity contribution < 1.29 is 9.47 Å². The predicted molar refractivity (Wildman–Crippen MR) is 97.2 cm³/mol. The van der Waals surface area contributed by atoms with Crippen LogP contribution in [0.1, 0.15) is 11.1 Å². The molecule has 0 spiro atoms. The summed E-state index contributed by atoms with van der Waals surface area (Å²) in [6.45, 7) is 0. The number of hydrogen-bond acceptors (Lipinski definition) is 6. The SMILES string of the molecule is C/N=C/c1c(/N=N/c2cccc(OC)c2/C=N/C)cccc1OC. The molecule has 2 aromatic carbocycles. The van der Waals surface area contributed by atoms with Gasteiger partial charge in [-0.25, -0.2) is 0 Å². The lowest BCUT2D eigenvalue weighted by atomic mass is 10.1. The van der Waals surface area contributed by atoms with Gasteiger partial charge in [0.15, 0.2) is 0 Å². The first-order valence-corrected chi connectivity index (χ1v) is 7.35. The third kappa shape index (κ3) is 3.84. The third-order valence-corrected chi connectivity index (χ3v) is 3.31. The number of hydrogen-bond donors (Lipinski definition) is 0. The molecule has 2 rings (SSSR count). The Morgan fingerprint density at radius 3 is 1.46 bits per heavy atom. The Labute approximate surface area is 141 Å². The average Bonchev–Trinajstić information content (AvgIpc) is 2.62. The Morgan fingerprint density at radius 2 is 1.12 bits per heavy atom. The summed E-state index contributed by atoms with van der Waals surface area (Å²) in [5.74, 6) is 1.39. The summed E-state index contributed by atoms with van der Waals surface area (Å²) in [5, 5.41) is 8.72. The van der Waals surface area contributed by atoms with E-state index < -0.39 is 0 Å². The van der Waals surface area contributed by atoms with E-state index in [1.54, 1.807) is 40.7 Å². The number of benzene rings is 2. The molecule has 124 valence electrons. The molecule has 0 amide bonds. The van der Waals surface area contributed by atoms with Crippen molar-refractivity contribution in [2.75, 3.05) is 28.3 Å². The van der Waals surface area contributed by atoms with Crippen molar-refractivity contribution in [2.45, 2.75) is 0 Å². The Hall–Kier alpha value is -3.02. The van der Waals surface area contributed by atoms with E-state index >= 15 is 0 Å². The number of ether oxygens (including phenoxy) is 2. The number of azo groups is 1. The third-order valence-electron chi connectivity index (χ3n) is 3.31. The van der Waals surface area contributed by atoms with Crippen LogP contribution in [0, 0.1) is 0 Å². The van der Waals surface area contributed by atoms with Crippen molar-refractivity contribution in [3.05, 3.63) is 47.5 Å². The van der Waals surface area contributed by atoms with E-state index in [2.05, 4.69) is 20.2 Å². The van der Waals surface area contributed by atoms with E-state index in [-0.39, 0.29) is 0 Å². The van der Waals surface area contributed by atoms with Crippen molar-refractivity contribution in [1.82, 2.24) is 0 Å². The second-order valence-corrected chi connectivity index (χ2v) is 4.76. The molecule has 0 saturated carbocycles. The van der Waals surface area contributed by atoms with Gasteiger partial charge in [0, 0.05) is 26.5 Å². The van der Waals surface area contributed by atoms with Crippen LogP contribution in [0.25, 0.3) is 0 Å². The molecule has 0 fully saturated rings. The molecule has 6 nitrogen and oxygen atoms in total. The zero-order valence-electron chi connectivity index (χ0n) is 14.2. The zero-order valence-corrected chi connectivity index (χ0v) is 14.2. The fraction of sp³-hybridized carbons (Fsp3) is 0.222. The van der Waals surface area contributed by atoms with Crippen molar-refractivity contribution in [3.63, 3.8) is 0 Å². The Bertz CT molecular complexity index is 717. The van der Waals surface area contributed by atoms with Crippen LogP contribution in [0.2, 0.25) is 0 Å². The molecule has 0 aliphatic rings. The van der Waals surface area contributed by atoms with Crippen LogP contribution in [0.3, 0.4) is 0 Å². The fourth-order valence-corrected chi connectivity index (χ4v) is 2.22. The summed E-state index contributed by atoms with van der Waals surface area (Å²) in [6.07, 6.45) is 3.40. The van der Waals surface area contributed by atoms with Crippen molar-refractivity contribution in [1.29, 1.82) is 0 Å². The molecule has 0 N–H and O–H groups in total. The molecule has 0 aromatic heterocycles. The Balaban J connectivity index is 2.49. The summed E-state index contributed by atoms with van der Waals surface area (Å²) < 4.78 is 10.7. The maximum Gasteiger partial charge on any atom is 0.129 e. The Kier molecular flexibility index (Phi) is 6.19. The summed E-state index contributed by atoms with van der Waals surface area (Å²) in [5.41, 5.74) is 2.89. The lowest BCUT2D eigenvalue weighted by Crippen LogP contribution is -1.92. The predicted octanol–water partition coefficient (Wildman–Crippen LogP) is 4.22. The zero-order chi connectivity index (χ0) is 17.4. The number of nitrogens with zero attached hydrogens (tertiary/aromatic N) is 4. The first-order valence-electron chi connectivity index (χ1n) is 7.35. The molecule has 0 radical (unpaired) electrons. The van der Waals surface area contributed by atoms with Crippen molar-refractivity contribution >= 4 is 23.8 Å². The van der Waals surface area contributed by atoms with Gasteiger partial charge in [-0.05, 0) is 24.3 Å². The Morgan fingerprint density at radius 1 is 0.708 bits per heavy atom. The van der Waals surface area contributed by atoms with Crippen LogP contribution in [-0.4, -0.2) is 40.7 Å². The van der Waals surface area contributed by atoms with Crippen molar-refractivity contribution in [2.24, 2.45) is 20.2 Å². The van der Waals surface area contributed by atoms with Gasteiger partial charge in [-0.1, -0.05) is 12.1 Å². The normalized spacial score (nSPS) is 11.7. The highest BCUT2D eigenvalue weighted by molar-refractivity contribution is 5.91. The summed E-state index contributed by atoms with van der Waals surface area (Å²) in [6, 6.07) is 11.2. The highest BCUT2D eigenvalue weighted by Crippen LogP contribution is 2.31. The van der Waals surface area contributed by atoms with Crippen LogP contribution in [-0.2, 0) is 0 Å². The lowest BCUT2D eigenvalue weighted by molar-refractivity contribution is 0.414. The maximum absolute atomic E-state index is 5.36. The van der Waals surface area contributed by atoms with E-state index in [4.69, 9.17) is 9.47 Å². The highest BCUT2D eigenvalue weighted by Gasteiger charge is 2.09. The first kappa shape index (κ1) is 17.3. The summed E-state index contributed by atoms with van der Waals surface area (Å²) in [4.78, 5) is 8.11. The van der Waals surface area contributed by atoms with Gasteiger partial charge >= 0.3 is 0 Å². The number of rotatable bonds is 6. The number of methoxy groups -OCH3 is 2. The van der Waals surface area contributed by atoms with Gasteiger partial charge in [-0.3, -0.25) is 9.98 Å². The minimum Gasteiger partial charge on any atom is -0.496 e. The molecule has 6 heteroatoms. The second-order valence-electron chi connectivity index (χ2n) is 4.76. The van der Waals surface area contributed by atoms with Gasteiger partial charge in [0.2, 0.25) is 0 Å². The molecular weight excluding hydrogens is 304 g/mol. The molecule has 0 heterocycles. The largest absolute Gasteiger partial charge is 0.496 e. The monoisotopic (exact) mass is 324 g/mol. The van der Waals surface area contributed by atoms with Crippen LogP contribution in [0.5, 0.6) is 11.5 Å². The lowest BCUT2D eigenvalue weighted by Gasteiger charge is -2.08. The van der Waals surface area contributed by atoms with Crippen LogP contribution in [0.15, 0.2) is 56.6 Å². The fourth-order valence-electron chi connectivity index (χ4n) is 2.22.